The number of rotatable bonds is 5. The normalized spacial score (nSPS) is 9.28. The highest BCUT2D eigenvalue weighted by Gasteiger charge is 2.03. The summed E-state index contributed by atoms with van der Waals surface area (Å²) in [5, 5.41) is 13.7. The molecule has 0 radical (unpaired) electrons. The molecule has 6 nitrogen and oxygen atoms in total. The molecule has 0 unspecified atom stereocenters. The van der Waals surface area contributed by atoms with Gasteiger partial charge in [-0.15, -0.1) is 12.3 Å². The van der Waals surface area contributed by atoms with Crippen LogP contribution in [-0.4, -0.2) is 28.6 Å². The van der Waals surface area contributed by atoms with Gasteiger partial charge in [-0.3, -0.25) is 9.78 Å². The molecule has 1 rings (SSSR count). The molecule has 1 heterocycles. The Hall–Kier alpha value is -2.55. The van der Waals surface area contributed by atoms with Gasteiger partial charge in [-0.1, -0.05) is 0 Å². The van der Waals surface area contributed by atoms with Crippen LogP contribution in [0.25, 0.3) is 0 Å². The summed E-state index contributed by atoms with van der Waals surface area (Å²) in [6, 6.07) is 2.76. The number of hydrogen-bond acceptors (Lipinski definition) is 3. The summed E-state index contributed by atoms with van der Waals surface area (Å²) >= 11 is 0. The van der Waals surface area contributed by atoms with Crippen molar-refractivity contribution in [1.82, 2.24) is 10.3 Å². The van der Waals surface area contributed by atoms with Crippen LogP contribution in [0, 0.1) is 12.3 Å². The van der Waals surface area contributed by atoms with Crippen molar-refractivity contribution < 1.29 is 14.7 Å². The van der Waals surface area contributed by atoms with Gasteiger partial charge in [-0.05, 0) is 12.1 Å². The first-order valence-electron chi connectivity index (χ1n) is 5.27. The highest BCUT2D eigenvalue weighted by molar-refractivity contribution is 5.89. The van der Waals surface area contributed by atoms with Crippen LogP contribution in [0.5, 0.6) is 0 Å². The van der Waals surface area contributed by atoms with E-state index in [0.717, 1.165) is 0 Å². The van der Waals surface area contributed by atoms with Crippen molar-refractivity contribution in [2.75, 3.05) is 11.9 Å². The van der Waals surface area contributed by atoms with Crippen LogP contribution in [0.1, 0.15) is 12.1 Å². The molecule has 0 aliphatic heterocycles. The van der Waals surface area contributed by atoms with Crippen molar-refractivity contribution in [3.8, 4) is 12.3 Å². The number of aromatic nitrogens is 1. The van der Waals surface area contributed by atoms with Gasteiger partial charge in [-0.25, -0.2) is 4.79 Å². The van der Waals surface area contributed by atoms with Gasteiger partial charge in [0.05, 0.1) is 24.0 Å². The fraction of sp³-hybridized carbons (Fsp3) is 0.250. The number of aliphatic carboxylic acids is 1. The van der Waals surface area contributed by atoms with Crippen molar-refractivity contribution in [2.45, 2.75) is 12.8 Å². The lowest BCUT2D eigenvalue weighted by Crippen LogP contribution is -2.29. The highest BCUT2D eigenvalue weighted by Crippen LogP contribution is 2.06. The summed E-state index contributed by atoms with van der Waals surface area (Å²) in [4.78, 5) is 25.7. The second-order valence-electron chi connectivity index (χ2n) is 3.44. The number of amides is 2. The zero-order chi connectivity index (χ0) is 13.4. The Labute approximate surface area is 104 Å². The molecule has 0 atom stereocenters. The van der Waals surface area contributed by atoms with Crippen molar-refractivity contribution >= 4 is 17.7 Å². The summed E-state index contributed by atoms with van der Waals surface area (Å²) < 4.78 is 0. The molecule has 0 aliphatic carbocycles. The molecule has 0 aromatic carbocycles. The number of hydrogen-bond donors (Lipinski definition) is 3. The number of nitrogens with zero attached hydrogens (tertiary/aromatic N) is 1. The van der Waals surface area contributed by atoms with Crippen LogP contribution in [0.2, 0.25) is 0 Å². The molecule has 0 bridgehead atoms. The van der Waals surface area contributed by atoms with Crippen molar-refractivity contribution in [1.29, 1.82) is 0 Å². The molecular weight excluding hydrogens is 234 g/mol. The van der Waals surface area contributed by atoms with E-state index in [2.05, 4.69) is 21.5 Å². The number of anilines is 1. The predicted octanol–water partition coefficient (Wildman–Crippen LogP) is 0.853. The number of urea groups is 1. The third-order valence-electron chi connectivity index (χ3n) is 1.97. The van der Waals surface area contributed by atoms with E-state index in [-0.39, 0.29) is 12.5 Å². The molecule has 18 heavy (non-hydrogen) atoms. The molecule has 0 spiro atoms. The topological polar surface area (TPSA) is 91.3 Å². The van der Waals surface area contributed by atoms with Gasteiger partial charge in [0.15, 0.2) is 0 Å². The van der Waals surface area contributed by atoms with Crippen molar-refractivity contribution in [2.24, 2.45) is 0 Å². The average molecular weight is 247 g/mol. The zero-order valence-electron chi connectivity index (χ0n) is 9.64. The first kappa shape index (κ1) is 13.5. The third kappa shape index (κ3) is 4.99. The maximum atomic E-state index is 11.3. The van der Waals surface area contributed by atoms with Gasteiger partial charge in [-0.2, -0.15) is 0 Å². The SMILES string of the molecule is C#CCCNC(=O)Nc1ccc(CC(=O)O)nc1. The van der Waals surface area contributed by atoms with Gasteiger partial charge in [0.2, 0.25) is 0 Å². The molecule has 1 aromatic rings. The number of nitrogens with one attached hydrogen (secondary N) is 2. The number of carbonyl (C=O) groups is 2. The van der Waals surface area contributed by atoms with Crippen LogP contribution in [-0.2, 0) is 11.2 Å². The standard InChI is InChI=1S/C12H13N3O3/c1-2-3-6-13-12(18)15-10-5-4-9(14-8-10)7-11(16)17/h1,4-5,8H,3,6-7H2,(H,16,17)(H2,13,15,18). The minimum Gasteiger partial charge on any atom is -0.481 e. The first-order valence-corrected chi connectivity index (χ1v) is 5.27. The maximum absolute atomic E-state index is 11.3. The molecule has 3 N–H and O–H groups in total. The smallest absolute Gasteiger partial charge is 0.319 e. The first-order chi connectivity index (χ1) is 8.61. The van der Waals surface area contributed by atoms with Crippen LogP contribution >= 0.6 is 0 Å². The lowest BCUT2D eigenvalue weighted by Gasteiger charge is -2.06. The summed E-state index contributed by atoms with van der Waals surface area (Å²) in [5.41, 5.74) is 0.920. The summed E-state index contributed by atoms with van der Waals surface area (Å²) in [7, 11) is 0. The summed E-state index contributed by atoms with van der Waals surface area (Å²) in [6.07, 6.45) is 6.76. The Morgan fingerprint density at radius 1 is 1.44 bits per heavy atom. The molecule has 2 amide bonds. The van der Waals surface area contributed by atoms with Crippen LogP contribution < -0.4 is 10.6 Å². The van der Waals surface area contributed by atoms with Crippen molar-refractivity contribution in [3.05, 3.63) is 24.0 Å². The minimum absolute atomic E-state index is 0.144. The Balaban J connectivity index is 2.46. The second-order valence-corrected chi connectivity index (χ2v) is 3.44. The van der Waals surface area contributed by atoms with Crippen LogP contribution in [0.3, 0.4) is 0 Å². The number of carboxylic acid groups (broad SMARTS) is 1. The largest absolute Gasteiger partial charge is 0.481 e. The van der Waals surface area contributed by atoms with Gasteiger partial charge < -0.3 is 15.7 Å². The highest BCUT2D eigenvalue weighted by atomic mass is 16.4. The van der Waals surface area contributed by atoms with Crippen LogP contribution in [0.15, 0.2) is 18.3 Å². The number of pyridine rings is 1. The molecule has 0 saturated carbocycles. The number of carbonyl (C=O) groups excluding carboxylic acids is 1. The lowest BCUT2D eigenvalue weighted by molar-refractivity contribution is -0.136. The van der Waals surface area contributed by atoms with E-state index in [0.29, 0.717) is 24.3 Å². The molecule has 94 valence electrons. The van der Waals surface area contributed by atoms with Crippen molar-refractivity contribution in [3.63, 3.8) is 0 Å². The molecular formula is C12H13N3O3. The van der Waals surface area contributed by atoms with E-state index in [9.17, 15) is 9.59 Å². The van der Waals surface area contributed by atoms with Gasteiger partial charge in [0, 0.05) is 13.0 Å². The quantitative estimate of drug-likeness (QED) is 0.531. The Morgan fingerprint density at radius 3 is 2.78 bits per heavy atom. The minimum atomic E-state index is -0.949. The van der Waals surface area contributed by atoms with E-state index in [1.807, 2.05) is 0 Å². The predicted molar refractivity (Wildman–Crippen MR) is 66.0 cm³/mol. The number of carboxylic acids is 1. The summed E-state index contributed by atoms with van der Waals surface area (Å²) in [6.45, 7) is 0.396. The Morgan fingerprint density at radius 2 is 2.22 bits per heavy atom. The number of terminal acetylenes is 1. The average Bonchev–Trinajstić information content (AvgIpc) is 2.31. The summed E-state index contributed by atoms with van der Waals surface area (Å²) in [5.74, 6) is 1.45. The molecule has 0 fully saturated rings. The van der Waals surface area contributed by atoms with E-state index in [1.54, 1.807) is 12.1 Å². The third-order valence-corrected chi connectivity index (χ3v) is 1.97. The van der Waals surface area contributed by atoms with Crippen LogP contribution in [0.4, 0.5) is 10.5 Å². The maximum Gasteiger partial charge on any atom is 0.319 e. The fourth-order valence-electron chi connectivity index (χ4n) is 1.18. The van der Waals surface area contributed by atoms with Gasteiger partial charge in [0.1, 0.15) is 0 Å². The van der Waals surface area contributed by atoms with Gasteiger partial charge >= 0.3 is 12.0 Å². The lowest BCUT2D eigenvalue weighted by atomic mass is 10.2. The molecule has 1 aromatic heterocycles. The Bertz CT molecular complexity index is 462. The molecule has 6 heteroatoms. The van der Waals surface area contributed by atoms with E-state index in [1.165, 1.54) is 6.20 Å². The second kappa shape index (κ2) is 6.91. The monoisotopic (exact) mass is 247 g/mol. The fourth-order valence-corrected chi connectivity index (χ4v) is 1.18. The molecule has 0 saturated heterocycles. The Kier molecular flexibility index (Phi) is 5.19. The van der Waals surface area contributed by atoms with E-state index >= 15 is 0 Å². The van der Waals surface area contributed by atoms with E-state index in [4.69, 9.17) is 11.5 Å². The van der Waals surface area contributed by atoms with E-state index < -0.39 is 5.97 Å². The zero-order valence-corrected chi connectivity index (χ0v) is 9.64. The van der Waals surface area contributed by atoms with Gasteiger partial charge in [0.25, 0.3) is 0 Å². The molecule has 0 aliphatic rings.